The average Bonchev–Trinajstić information content (AvgIpc) is 3.21. The maximum Gasteiger partial charge on any atom is 0.186 e. The van der Waals surface area contributed by atoms with Gasteiger partial charge in [0, 0.05) is 6.61 Å². The Labute approximate surface area is 207 Å². The summed E-state index contributed by atoms with van der Waals surface area (Å²) in [7, 11) is 0. The standard InChI is InChI=1S/C29H34O6/c1-2-32-29-26(30)28(34-20-24-16-10-5-11-17-24)27(35-29)25(33-19-23-14-8-4-9-15-23)21-31-18-22-12-6-3-7-13-22/h3-17,25-30H,2,18-21H2,1H3/t25?,26?,27-,28+,29+/m1/s1. The molecule has 0 amide bonds. The Morgan fingerprint density at radius 3 is 1.86 bits per heavy atom. The predicted octanol–water partition coefficient (Wildman–Crippen LogP) is 4.50. The first kappa shape index (κ1) is 25.5. The molecule has 0 saturated carbocycles. The van der Waals surface area contributed by atoms with Crippen molar-refractivity contribution in [2.45, 2.75) is 57.5 Å². The molecule has 6 heteroatoms. The van der Waals surface area contributed by atoms with Crippen LogP contribution in [0.15, 0.2) is 91.0 Å². The van der Waals surface area contributed by atoms with Gasteiger partial charge in [0.2, 0.25) is 0 Å². The third-order valence-corrected chi connectivity index (χ3v) is 5.91. The molecule has 0 bridgehead atoms. The molecular formula is C29H34O6. The van der Waals surface area contributed by atoms with Crippen LogP contribution in [0, 0.1) is 0 Å². The Morgan fingerprint density at radius 1 is 0.743 bits per heavy atom. The van der Waals surface area contributed by atoms with Crippen LogP contribution in [0.1, 0.15) is 23.6 Å². The quantitative estimate of drug-likeness (QED) is 0.390. The van der Waals surface area contributed by atoms with Gasteiger partial charge in [0.15, 0.2) is 6.29 Å². The van der Waals surface area contributed by atoms with Gasteiger partial charge in [-0.3, -0.25) is 0 Å². The molecule has 0 aromatic heterocycles. The monoisotopic (exact) mass is 478 g/mol. The van der Waals surface area contributed by atoms with Crippen LogP contribution in [0.25, 0.3) is 0 Å². The number of hydrogen-bond donors (Lipinski definition) is 1. The fraction of sp³-hybridized carbons (Fsp3) is 0.379. The molecule has 3 aromatic rings. The molecule has 0 radical (unpaired) electrons. The largest absolute Gasteiger partial charge is 0.385 e. The second kappa shape index (κ2) is 13.5. The molecule has 35 heavy (non-hydrogen) atoms. The van der Waals surface area contributed by atoms with Crippen molar-refractivity contribution < 1.29 is 28.8 Å². The van der Waals surface area contributed by atoms with E-state index >= 15 is 0 Å². The Kier molecular flexibility index (Phi) is 9.84. The summed E-state index contributed by atoms with van der Waals surface area (Å²) in [5.74, 6) is 0. The van der Waals surface area contributed by atoms with Crippen molar-refractivity contribution in [1.29, 1.82) is 0 Å². The fourth-order valence-electron chi connectivity index (χ4n) is 4.11. The summed E-state index contributed by atoms with van der Waals surface area (Å²) in [5, 5.41) is 11.0. The number of rotatable bonds is 13. The lowest BCUT2D eigenvalue weighted by atomic mass is 10.1. The van der Waals surface area contributed by atoms with E-state index in [4.69, 9.17) is 23.7 Å². The molecule has 1 N–H and O–H groups in total. The van der Waals surface area contributed by atoms with E-state index in [9.17, 15) is 5.11 Å². The number of aliphatic hydroxyl groups excluding tert-OH is 1. The summed E-state index contributed by atoms with van der Waals surface area (Å²) < 4.78 is 30.4. The summed E-state index contributed by atoms with van der Waals surface area (Å²) >= 11 is 0. The average molecular weight is 479 g/mol. The number of ether oxygens (including phenoxy) is 5. The van der Waals surface area contributed by atoms with Crippen LogP contribution in [-0.4, -0.2) is 49.0 Å². The van der Waals surface area contributed by atoms with E-state index in [-0.39, 0.29) is 6.61 Å². The van der Waals surface area contributed by atoms with Crippen molar-refractivity contribution in [3.63, 3.8) is 0 Å². The number of benzene rings is 3. The molecule has 6 nitrogen and oxygen atoms in total. The van der Waals surface area contributed by atoms with E-state index < -0.39 is 30.7 Å². The smallest absolute Gasteiger partial charge is 0.186 e. The van der Waals surface area contributed by atoms with Crippen LogP contribution in [0.4, 0.5) is 0 Å². The summed E-state index contributed by atoms with van der Waals surface area (Å²) in [4.78, 5) is 0. The highest BCUT2D eigenvalue weighted by molar-refractivity contribution is 5.15. The van der Waals surface area contributed by atoms with Gasteiger partial charge in [-0.25, -0.2) is 0 Å². The van der Waals surface area contributed by atoms with E-state index in [1.165, 1.54) is 0 Å². The van der Waals surface area contributed by atoms with Crippen molar-refractivity contribution in [1.82, 2.24) is 0 Å². The van der Waals surface area contributed by atoms with Crippen molar-refractivity contribution in [3.8, 4) is 0 Å². The van der Waals surface area contributed by atoms with Gasteiger partial charge in [0.1, 0.15) is 24.4 Å². The van der Waals surface area contributed by atoms with Gasteiger partial charge in [-0.15, -0.1) is 0 Å². The van der Waals surface area contributed by atoms with Gasteiger partial charge in [0.05, 0.1) is 26.4 Å². The van der Waals surface area contributed by atoms with Crippen molar-refractivity contribution in [3.05, 3.63) is 108 Å². The molecule has 0 spiro atoms. The molecule has 0 aliphatic carbocycles. The second-order valence-electron chi connectivity index (χ2n) is 8.51. The molecule has 1 aliphatic heterocycles. The van der Waals surface area contributed by atoms with Gasteiger partial charge in [-0.2, -0.15) is 0 Å². The van der Waals surface area contributed by atoms with Crippen molar-refractivity contribution in [2.24, 2.45) is 0 Å². The zero-order chi connectivity index (χ0) is 24.3. The van der Waals surface area contributed by atoms with Crippen LogP contribution in [0.2, 0.25) is 0 Å². The minimum Gasteiger partial charge on any atom is -0.385 e. The normalized spacial score (nSPS) is 22.8. The first-order chi connectivity index (χ1) is 17.2. The lowest BCUT2D eigenvalue weighted by Crippen LogP contribution is -2.44. The van der Waals surface area contributed by atoms with Gasteiger partial charge in [0.25, 0.3) is 0 Å². The number of aliphatic hydroxyl groups is 1. The first-order valence-electron chi connectivity index (χ1n) is 12.1. The minimum atomic E-state index is -0.944. The molecule has 4 rings (SSSR count). The molecule has 1 heterocycles. The highest BCUT2D eigenvalue weighted by atomic mass is 16.7. The third kappa shape index (κ3) is 7.45. The SMILES string of the molecule is CCO[C@H]1O[C@H](C(COCc2ccccc2)OCc2ccccc2)[C@@H](OCc2ccccc2)C1O. The highest BCUT2D eigenvalue weighted by Gasteiger charge is 2.49. The first-order valence-corrected chi connectivity index (χ1v) is 12.1. The maximum atomic E-state index is 11.0. The van der Waals surface area contributed by atoms with E-state index in [2.05, 4.69) is 0 Å². The molecule has 1 aliphatic rings. The van der Waals surface area contributed by atoms with Crippen LogP contribution in [0.5, 0.6) is 0 Å². The summed E-state index contributed by atoms with van der Waals surface area (Å²) in [6.45, 7) is 3.75. The molecule has 186 valence electrons. The Balaban J connectivity index is 1.48. The Hall–Kier alpha value is -2.58. The van der Waals surface area contributed by atoms with E-state index in [1.54, 1.807) is 0 Å². The van der Waals surface area contributed by atoms with Crippen molar-refractivity contribution in [2.75, 3.05) is 13.2 Å². The lowest BCUT2D eigenvalue weighted by Gasteiger charge is -2.28. The maximum absolute atomic E-state index is 11.0. The lowest BCUT2D eigenvalue weighted by molar-refractivity contribution is -0.189. The fourth-order valence-corrected chi connectivity index (χ4v) is 4.11. The molecule has 1 fully saturated rings. The molecule has 5 atom stereocenters. The molecular weight excluding hydrogens is 444 g/mol. The molecule has 1 saturated heterocycles. The van der Waals surface area contributed by atoms with E-state index in [0.29, 0.717) is 26.4 Å². The van der Waals surface area contributed by atoms with Gasteiger partial charge in [-0.05, 0) is 23.6 Å². The zero-order valence-corrected chi connectivity index (χ0v) is 20.1. The Morgan fingerprint density at radius 2 is 1.29 bits per heavy atom. The van der Waals surface area contributed by atoms with Crippen molar-refractivity contribution >= 4 is 0 Å². The second-order valence-corrected chi connectivity index (χ2v) is 8.51. The van der Waals surface area contributed by atoms with Gasteiger partial charge in [-0.1, -0.05) is 91.0 Å². The predicted molar refractivity (Wildman–Crippen MR) is 132 cm³/mol. The van der Waals surface area contributed by atoms with Crippen LogP contribution >= 0.6 is 0 Å². The summed E-state index contributed by atoms with van der Waals surface area (Å²) in [6, 6.07) is 29.8. The van der Waals surface area contributed by atoms with Crippen LogP contribution < -0.4 is 0 Å². The zero-order valence-electron chi connectivity index (χ0n) is 20.1. The number of hydrogen-bond acceptors (Lipinski definition) is 6. The van der Waals surface area contributed by atoms with Gasteiger partial charge < -0.3 is 28.8 Å². The van der Waals surface area contributed by atoms with E-state index in [1.807, 2.05) is 97.9 Å². The molecule has 3 aromatic carbocycles. The summed E-state index contributed by atoms with van der Waals surface area (Å²) in [5.41, 5.74) is 3.13. The van der Waals surface area contributed by atoms with E-state index in [0.717, 1.165) is 16.7 Å². The molecule has 2 unspecified atom stereocenters. The van der Waals surface area contributed by atoms with Crippen LogP contribution in [0.3, 0.4) is 0 Å². The minimum absolute atomic E-state index is 0.281. The topological polar surface area (TPSA) is 66.4 Å². The van der Waals surface area contributed by atoms with Gasteiger partial charge >= 0.3 is 0 Å². The third-order valence-electron chi connectivity index (χ3n) is 5.91. The highest BCUT2D eigenvalue weighted by Crippen LogP contribution is 2.30. The van der Waals surface area contributed by atoms with Crippen LogP contribution in [-0.2, 0) is 43.5 Å². The summed E-state index contributed by atoms with van der Waals surface area (Å²) in [6.07, 6.45) is -3.40. The Bertz CT molecular complexity index is 968.